The van der Waals surface area contributed by atoms with Gasteiger partial charge in [-0.3, -0.25) is 0 Å². The van der Waals surface area contributed by atoms with E-state index in [4.69, 9.17) is 4.11 Å². The molecule has 0 saturated heterocycles. The Bertz CT molecular complexity index is 7250. The molecule has 0 saturated carbocycles. The molecule has 0 radical (unpaired) electrons. The summed E-state index contributed by atoms with van der Waals surface area (Å²) in [4.78, 5) is 4.47. The van der Waals surface area contributed by atoms with Gasteiger partial charge in [0.1, 0.15) is 12.1 Å². The van der Waals surface area contributed by atoms with Gasteiger partial charge in [0, 0.05) is 82.9 Å². The molecular formula is C99H74BN9. The summed E-state index contributed by atoms with van der Waals surface area (Å²) in [5.41, 5.74) is 22.0. The van der Waals surface area contributed by atoms with Crippen LogP contribution in [0.1, 0.15) is 103 Å². The zero-order valence-electron chi connectivity index (χ0n) is 66.9. The molecule has 109 heavy (non-hydrogen) atoms. The van der Waals surface area contributed by atoms with Gasteiger partial charge in [-0.1, -0.05) is 202 Å². The summed E-state index contributed by atoms with van der Waals surface area (Å²) in [5.74, 6) is 0. The number of para-hydroxylation sites is 4. The number of nitriles is 3. The molecule has 0 atom stereocenters. The summed E-state index contributed by atoms with van der Waals surface area (Å²) in [5, 5.41) is 43.3. The van der Waals surface area contributed by atoms with Crippen LogP contribution in [0.15, 0.2) is 285 Å². The van der Waals surface area contributed by atoms with Gasteiger partial charge in [-0.2, -0.15) is 15.8 Å². The molecule has 18 aromatic rings. The van der Waals surface area contributed by atoms with Gasteiger partial charge in [0.25, 0.3) is 6.71 Å². The number of rotatable bonds is 7. The van der Waals surface area contributed by atoms with E-state index < -0.39 is 24.8 Å². The number of aromatic nitrogens is 4. The summed E-state index contributed by atoms with van der Waals surface area (Å²) in [6.07, 6.45) is 0. The number of nitrogens with zero attached hydrogens (tertiary/aromatic N) is 9. The lowest BCUT2D eigenvalue weighted by Gasteiger charge is -2.45. The predicted octanol–water partition coefficient (Wildman–Crippen LogP) is 23.3. The zero-order chi connectivity index (χ0) is 78.6. The van der Waals surface area contributed by atoms with Gasteiger partial charge in [-0.05, 0) is 206 Å². The van der Waals surface area contributed by atoms with Gasteiger partial charge in [0.2, 0.25) is 0 Å². The molecule has 0 unspecified atom stereocenters. The molecule has 14 aromatic carbocycles. The maximum atomic E-state index is 12.1. The molecule has 0 bridgehead atoms. The fraction of sp³-hybridized carbons (Fsp3) is 0.121. The third kappa shape index (κ3) is 9.83. The minimum absolute atomic E-state index is 0.0302. The molecule has 518 valence electrons. The van der Waals surface area contributed by atoms with Crippen LogP contribution in [0.5, 0.6) is 0 Å². The Morgan fingerprint density at radius 3 is 1.06 bits per heavy atom. The maximum Gasteiger partial charge on any atom is 0.252 e. The second-order valence-corrected chi connectivity index (χ2v) is 32.3. The Morgan fingerprint density at radius 2 is 0.642 bits per heavy atom. The highest BCUT2D eigenvalue weighted by Gasteiger charge is 2.46. The minimum Gasteiger partial charge on any atom is -0.310 e. The second-order valence-electron chi connectivity index (χ2n) is 32.3. The highest BCUT2D eigenvalue weighted by atomic mass is 15.2. The van der Waals surface area contributed by atoms with Crippen LogP contribution in [0.2, 0.25) is 0 Å². The van der Waals surface area contributed by atoms with Gasteiger partial charge < -0.3 is 28.1 Å². The molecule has 0 N–H and O–H groups in total. The van der Waals surface area contributed by atoms with Gasteiger partial charge in [0.05, 0.1) is 90.8 Å². The summed E-state index contributed by atoms with van der Waals surface area (Å²) in [7, 11) is 0. The first-order valence-corrected chi connectivity index (χ1v) is 37.2. The SMILES string of the molecule is [2H]c1c([2H])c([2H])c(-c2ccc3c(c2)N(c2cc(-n4c5ccccc5c5ccccc54)ccc2C#N)c2cc(-n4c5ccc(C#N)cc5c5cc(C(C)(C)C)ccc54)cc4c2B3c2ccc(-n3c5ccc(C(C)(C)C)cc5c5cc(C(C)(C)C)ccc53)cc2N4c2cc(-n3c4ccccc4c4ccccc43)ccc2C#N)c([2H])c1[2H]. The van der Waals surface area contributed by atoms with Crippen LogP contribution in [0.3, 0.4) is 0 Å². The van der Waals surface area contributed by atoms with Crippen molar-refractivity contribution in [1.29, 1.82) is 15.8 Å². The van der Waals surface area contributed by atoms with Crippen LogP contribution in [0, 0.1) is 34.0 Å². The largest absolute Gasteiger partial charge is 0.310 e. The van der Waals surface area contributed by atoms with Crippen molar-refractivity contribution in [1.82, 2.24) is 18.3 Å². The van der Waals surface area contributed by atoms with Crippen LogP contribution in [0.25, 0.3) is 121 Å². The van der Waals surface area contributed by atoms with E-state index in [1.54, 1.807) is 0 Å². The third-order valence-corrected chi connectivity index (χ3v) is 23.0. The molecule has 20 rings (SSSR count). The molecular weight excluding hydrogens is 1330 g/mol. The summed E-state index contributed by atoms with van der Waals surface area (Å²) in [6, 6.07) is 94.8. The first-order valence-electron chi connectivity index (χ1n) is 39.7. The second kappa shape index (κ2) is 23.7. The molecule has 9 nitrogen and oxygen atoms in total. The van der Waals surface area contributed by atoms with Crippen LogP contribution in [-0.2, 0) is 16.2 Å². The third-order valence-electron chi connectivity index (χ3n) is 23.0. The Kier molecular flexibility index (Phi) is 13.0. The number of anilines is 6. The fourth-order valence-electron chi connectivity index (χ4n) is 17.7. The number of fused-ring (bicyclic) bond motifs is 16. The van der Waals surface area contributed by atoms with E-state index >= 15 is 0 Å². The van der Waals surface area contributed by atoms with Crippen molar-refractivity contribution in [2.45, 2.75) is 78.6 Å². The zero-order valence-corrected chi connectivity index (χ0v) is 61.9. The highest BCUT2D eigenvalue weighted by Crippen LogP contribution is 2.51. The van der Waals surface area contributed by atoms with E-state index in [0.29, 0.717) is 45.0 Å². The molecule has 10 heteroatoms. The first-order chi connectivity index (χ1) is 54.9. The summed E-state index contributed by atoms with van der Waals surface area (Å²) < 4.78 is 55.5. The molecule has 2 aliphatic heterocycles. The normalized spacial score (nSPS) is 13.6. The smallest absolute Gasteiger partial charge is 0.252 e. The fourth-order valence-corrected chi connectivity index (χ4v) is 17.7. The van der Waals surface area contributed by atoms with Crippen molar-refractivity contribution in [3.8, 4) is 52.1 Å². The van der Waals surface area contributed by atoms with E-state index in [1.807, 2.05) is 84.9 Å². The van der Waals surface area contributed by atoms with Gasteiger partial charge in [0.15, 0.2) is 0 Å². The van der Waals surface area contributed by atoms with Gasteiger partial charge in [-0.15, -0.1) is 0 Å². The maximum absolute atomic E-state index is 12.1. The van der Waals surface area contributed by atoms with E-state index in [1.165, 1.54) is 11.1 Å². The quantitative estimate of drug-likeness (QED) is 0.148. The Morgan fingerprint density at radius 1 is 0.294 bits per heavy atom. The molecule has 0 amide bonds. The molecule has 2 aliphatic rings. The lowest BCUT2D eigenvalue weighted by Crippen LogP contribution is -2.61. The topological polar surface area (TPSA) is 97.6 Å². The van der Waals surface area contributed by atoms with Crippen LogP contribution in [-0.4, -0.2) is 25.0 Å². The number of hydrogen-bond acceptors (Lipinski definition) is 5. The highest BCUT2D eigenvalue weighted by molar-refractivity contribution is 7.00. The summed E-state index contributed by atoms with van der Waals surface area (Å²) in [6.45, 7) is 19.5. The Labute approximate surface area is 640 Å². The number of benzene rings is 14. The predicted molar refractivity (Wildman–Crippen MR) is 454 cm³/mol. The molecule has 4 aromatic heterocycles. The minimum atomic E-state index is -0.630. The Balaban J connectivity index is 0.966. The monoisotopic (exact) mass is 1400 g/mol. The lowest BCUT2D eigenvalue weighted by molar-refractivity contribution is 0.590. The van der Waals surface area contributed by atoms with Crippen molar-refractivity contribution in [3.63, 3.8) is 0 Å². The van der Waals surface area contributed by atoms with Crippen LogP contribution >= 0.6 is 0 Å². The van der Waals surface area contributed by atoms with Crippen molar-refractivity contribution in [3.05, 3.63) is 318 Å². The van der Waals surface area contributed by atoms with E-state index in [2.05, 4.69) is 278 Å². The summed E-state index contributed by atoms with van der Waals surface area (Å²) >= 11 is 0. The van der Waals surface area contributed by atoms with Crippen LogP contribution in [0.4, 0.5) is 34.1 Å². The molecule has 0 fully saturated rings. The van der Waals surface area contributed by atoms with E-state index in [0.717, 1.165) is 143 Å². The first kappa shape index (κ1) is 59.6. The van der Waals surface area contributed by atoms with Crippen molar-refractivity contribution < 1.29 is 6.85 Å². The standard InChI is InChI=1S/C99H74BN9/c1-97(2,3)65-37-46-89-77(49-65)76-47-60(57-101)31-43-86(76)107(89)71-55-94-96-95(56-71)109(91-53-69(39-33-64(91)59-103)105-84-29-19-15-25-74(84)75-26-16-20-30-85(75)105)93-54-70(106-87-44-35-66(98(4,5)6)50-78(87)79-51-67(99(7,8)9)36-45-88(79)106)40-42-81(93)100(96)80-41-34-62(61-21-11-10-12-22-61)48-92(80)108(94)90-52-68(38-32-63(90)58-102)104-82-27-17-13-23-72(82)73-24-14-18-28-83(73)104/h10-56H,1-9H3/i10D,11D,12D,21D,22D. The molecule has 0 aliphatic carbocycles. The lowest BCUT2D eigenvalue weighted by atomic mass is 9.33. The average molecular weight is 1410 g/mol. The average Bonchev–Trinajstić information content (AvgIpc) is 0.731. The van der Waals surface area contributed by atoms with E-state index in [9.17, 15) is 18.5 Å². The molecule has 0 spiro atoms. The van der Waals surface area contributed by atoms with Gasteiger partial charge in [-0.25, -0.2) is 0 Å². The van der Waals surface area contributed by atoms with Crippen LogP contribution < -0.4 is 26.2 Å². The van der Waals surface area contributed by atoms with Gasteiger partial charge >= 0.3 is 0 Å². The van der Waals surface area contributed by atoms with Crippen molar-refractivity contribution in [2.75, 3.05) is 9.80 Å². The van der Waals surface area contributed by atoms with Crippen molar-refractivity contribution >= 4 is 144 Å². The van der Waals surface area contributed by atoms with Crippen molar-refractivity contribution in [2.24, 2.45) is 0 Å². The Hall–Kier alpha value is -13.6. The molecule has 6 heterocycles. The number of hydrogen-bond donors (Lipinski definition) is 0. The van der Waals surface area contributed by atoms with E-state index in [-0.39, 0.29) is 33.9 Å².